The van der Waals surface area contributed by atoms with Crippen LogP contribution in [0.15, 0.2) is 24.3 Å². The van der Waals surface area contributed by atoms with Crippen LogP contribution in [0.25, 0.3) is 0 Å². The molecule has 0 atom stereocenters. The number of likely N-dealkylation sites (tertiary alicyclic amines) is 2. The summed E-state index contributed by atoms with van der Waals surface area (Å²) in [6, 6.07) is 8.10. The number of amides is 2. The van der Waals surface area contributed by atoms with Crippen LogP contribution < -0.4 is 10.6 Å². The van der Waals surface area contributed by atoms with Crippen molar-refractivity contribution >= 4 is 24.2 Å². The minimum Gasteiger partial charge on any atom is -0.351 e. The fourth-order valence-corrected chi connectivity index (χ4v) is 4.20. The Labute approximate surface area is 180 Å². The third-order valence-electron chi connectivity index (χ3n) is 6.00. The SMILES string of the molecule is CNCCC1CCN(CC(=O)NCc2ccccc2CN2CCCC2=O)CC1.Cl. The molecular weight excluding hydrogens is 388 g/mol. The van der Waals surface area contributed by atoms with Gasteiger partial charge in [-0.05, 0) is 69.4 Å². The van der Waals surface area contributed by atoms with E-state index in [1.54, 1.807) is 0 Å². The lowest BCUT2D eigenvalue weighted by atomic mass is 9.93. The molecule has 0 spiro atoms. The Morgan fingerprint density at radius 2 is 1.86 bits per heavy atom. The number of nitrogens with zero attached hydrogens (tertiary/aromatic N) is 2. The quantitative estimate of drug-likeness (QED) is 0.640. The number of rotatable bonds is 9. The van der Waals surface area contributed by atoms with E-state index in [2.05, 4.69) is 21.6 Å². The second-order valence-electron chi connectivity index (χ2n) is 8.08. The van der Waals surface area contributed by atoms with Crippen LogP contribution in [-0.2, 0) is 22.7 Å². The van der Waals surface area contributed by atoms with E-state index in [9.17, 15) is 9.59 Å². The lowest BCUT2D eigenvalue weighted by Crippen LogP contribution is -2.41. The zero-order valence-electron chi connectivity index (χ0n) is 17.5. The van der Waals surface area contributed by atoms with E-state index >= 15 is 0 Å². The van der Waals surface area contributed by atoms with Crippen LogP contribution in [0.3, 0.4) is 0 Å². The minimum absolute atomic E-state index is 0. The molecule has 0 aliphatic carbocycles. The average molecular weight is 423 g/mol. The predicted octanol–water partition coefficient (Wildman–Crippen LogP) is 2.17. The maximum absolute atomic E-state index is 12.4. The molecule has 0 unspecified atom stereocenters. The molecule has 6 nitrogen and oxygen atoms in total. The summed E-state index contributed by atoms with van der Waals surface area (Å²) in [6.45, 7) is 5.58. The largest absolute Gasteiger partial charge is 0.351 e. The van der Waals surface area contributed by atoms with Gasteiger partial charge in [0, 0.05) is 26.1 Å². The molecule has 1 aromatic carbocycles. The van der Waals surface area contributed by atoms with Gasteiger partial charge in [0.2, 0.25) is 11.8 Å². The van der Waals surface area contributed by atoms with Gasteiger partial charge < -0.3 is 15.5 Å². The number of carbonyl (C=O) groups excluding carboxylic acids is 2. The van der Waals surface area contributed by atoms with Crippen LogP contribution in [-0.4, -0.2) is 61.4 Å². The molecule has 7 heteroatoms. The number of hydrogen-bond donors (Lipinski definition) is 2. The Hall–Kier alpha value is -1.63. The van der Waals surface area contributed by atoms with Crippen LogP contribution in [0.1, 0.15) is 43.2 Å². The lowest BCUT2D eigenvalue weighted by Gasteiger charge is -2.31. The van der Waals surface area contributed by atoms with E-state index < -0.39 is 0 Å². The Bertz CT molecular complexity index is 662. The molecule has 0 radical (unpaired) electrons. The Morgan fingerprint density at radius 3 is 2.52 bits per heavy atom. The number of piperidine rings is 1. The molecule has 2 fully saturated rings. The van der Waals surface area contributed by atoms with Gasteiger partial charge in [-0.2, -0.15) is 0 Å². The Balaban J connectivity index is 0.00000300. The monoisotopic (exact) mass is 422 g/mol. The lowest BCUT2D eigenvalue weighted by molar-refractivity contribution is -0.128. The van der Waals surface area contributed by atoms with E-state index in [0.29, 0.717) is 26.1 Å². The summed E-state index contributed by atoms with van der Waals surface area (Å²) in [6.07, 6.45) is 5.20. The molecular formula is C22H35ClN4O2. The van der Waals surface area contributed by atoms with Crippen molar-refractivity contribution in [2.75, 3.05) is 39.8 Å². The van der Waals surface area contributed by atoms with Crippen molar-refractivity contribution in [3.8, 4) is 0 Å². The first-order chi connectivity index (χ1) is 13.7. The van der Waals surface area contributed by atoms with Crippen LogP contribution >= 0.6 is 12.4 Å². The summed E-state index contributed by atoms with van der Waals surface area (Å²) in [5, 5.41) is 6.30. The minimum atomic E-state index is 0. The summed E-state index contributed by atoms with van der Waals surface area (Å²) >= 11 is 0. The highest BCUT2D eigenvalue weighted by Gasteiger charge is 2.22. The van der Waals surface area contributed by atoms with Crippen molar-refractivity contribution in [1.29, 1.82) is 0 Å². The van der Waals surface area contributed by atoms with E-state index in [1.807, 2.05) is 30.1 Å². The van der Waals surface area contributed by atoms with Gasteiger partial charge in [0.25, 0.3) is 0 Å². The summed E-state index contributed by atoms with van der Waals surface area (Å²) in [7, 11) is 2.00. The van der Waals surface area contributed by atoms with Crippen molar-refractivity contribution in [2.24, 2.45) is 5.92 Å². The van der Waals surface area contributed by atoms with Crippen LogP contribution in [0, 0.1) is 5.92 Å². The van der Waals surface area contributed by atoms with Crippen LogP contribution in [0.4, 0.5) is 0 Å². The van der Waals surface area contributed by atoms with Gasteiger partial charge in [-0.25, -0.2) is 0 Å². The first-order valence-corrected chi connectivity index (χ1v) is 10.6. The fourth-order valence-electron chi connectivity index (χ4n) is 4.20. The smallest absolute Gasteiger partial charge is 0.234 e. The molecule has 2 aliphatic rings. The number of hydrogen-bond acceptors (Lipinski definition) is 4. The maximum Gasteiger partial charge on any atom is 0.234 e. The van der Waals surface area contributed by atoms with Gasteiger partial charge in [-0.3, -0.25) is 14.5 Å². The number of halogens is 1. The third-order valence-corrected chi connectivity index (χ3v) is 6.00. The molecule has 29 heavy (non-hydrogen) atoms. The highest BCUT2D eigenvalue weighted by Crippen LogP contribution is 2.20. The van der Waals surface area contributed by atoms with E-state index in [4.69, 9.17) is 0 Å². The highest BCUT2D eigenvalue weighted by molar-refractivity contribution is 5.85. The van der Waals surface area contributed by atoms with Gasteiger partial charge in [0.1, 0.15) is 0 Å². The normalized spacial score (nSPS) is 18.0. The molecule has 162 valence electrons. The van der Waals surface area contributed by atoms with Crippen molar-refractivity contribution in [1.82, 2.24) is 20.4 Å². The molecule has 1 aromatic rings. The summed E-state index contributed by atoms with van der Waals surface area (Å²) in [4.78, 5) is 28.5. The van der Waals surface area contributed by atoms with Crippen molar-refractivity contribution in [3.63, 3.8) is 0 Å². The van der Waals surface area contributed by atoms with Gasteiger partial charge >= 0.3 is 0 Å². The molecule has 2 heterocycles. The fraction of sp³-hybridized carbons (Fsp3) is 0.636. The second kappa shape index (κ2) is 12.2. The van der Waals surface area contributed by atoms with Gasteiger partial charge in [-0.1, -0.05) is 24.3 Å². The number of carbonyl (C=O) groups is 2. The van der Waals surface area contributed by atoms with Crippen molar-refractivity contribution < 1.29 is 9.59 Å². The van der Waals surface area contributed by atoms with Gasteiger partial charge in [-0.15, -0.1) is 12.4 Å². The zero-order valence-corrected chi connectivity index (χ0v) is 18.3. The van der Waals surface area contributed by atoms with Crippen molar-refractivity contribution in [3.05, 3.63) is 35.4 Å². The summed E-state index contributed by atoms with van der Waals surface area (Å²) < 4.78 is 0. The van der Waals surface area contributed by atoms with E-state index in [-0.39, 0.29) is 24.2 Å². The zero-order chi connectivity index (χ0) is 19.8. The molecule has 2 aliphatic heterocycles. The molecule has 0 bridgehead atoms. The Kier molecular flexibility index (Phi) is 9.91. The third kappa shape index (κ3) is 7.28. The Morgan fingerprint density at radius 1 is 1.14 bits per heavy atom. The second-order valence-corrected chi connectivity index (χ2v) is 8.08. The summed E-state index contributed by atoms with van der Waals surface area (Å²) in [5.74, 6) is 1.10. The predicted molar refractivity (Wildman–Crippen MR) is 118 cm³/mol. The molecule has 0 saturated carbocycles. The average Bonchev–Trinajstić information content (AvgIpc) is 3.11. The van der Waals surface area contributed by atoms with Gasteiger partial charge in [0.05, 0.1) is 6.54 Å². The molecule has 2 saturated heterocycles. The first-order valence-electron chi connectivity index (χ1n) is 10.6. The number of benzene rings is 1. The number of nitrogens with one attached hydrogen (secondary N) is 2. The standard InChI is InChI=1S/C22H34N4O2.ClH/c1-23-11-8-18-9-13-25(14-10-18)17-21(27)24-15-19-5-2-3-6-20(19)16-26-12-4-7-22(26)28;/h2-3,5-6,18,23H,4,7-17H2,1H3,(H,24,27);1H. The van der Waals surface area contributed by atoms with Gasteiger partial charge in [0.15, 0.2) is 0 Å². The van der Waals surface area contributed by atoms with Crippen LogP contribution in [0.5, 0.6) is 0 Å². The maximum atomic E-state index is 12.4. The molecule has 2 N–H and O–H groups in total. The molecule has 2 amide bonds. The van der Waals surface area contributed by atoms with Crippen molar-refractivity contribution in [2.45, 2.75) is 45.2 Å². The van der Waals surface area contributed by atoms with E-state index in [1.165, 1.54) is 19.3 Å². The molecule has 0 aromatic heterocycles. The van der Waals surface area contributed by atoms with E-state index in [0.717, 1.165) is 49.6 Å². The molecule has 3 rings (SSSR count). The van der Waals surface area contributed by atoms with Crippen LogP contribution in [0.2, 0.25) is 0 Å². The highest BCUT2D eigenvalue weighted by atomic mass is 35.5. The first kappa shape index (κ1) is 23.6. The topological polar surface area (TPSA) is 64.7 Å². The summed E-state index contributed by atoms with van der Waals surface area (Å²) in [5.41, 5.74) is 2.23.